The molecule has 1 saturated heterocycles. The number of rotatable bonds is 5. The topological polar surface area (TPSA) is 52.6 Å². The number of aliphatic hydroxyl groups excluding tert-OH is 1. The van der Waals surface area contributed by atoms with E-state index in [-0.39, 0.29) is 12.0 Å². The molecule has 2 unspecified atom stereocenters. The number of carbonyl (C=O) groups excluding carboxylic acids is 1. The Morgan fingerprint density at radius 3 is 2.82 bits per heavy atom. The van der Waals surface area contributed by atoms with Crippen molar-refractivity contribution < 1.29 is 9.90 Å². The number of amides is 1. The number of hydrogen-bond acceptors (Lipinski definition) is 3. The van der Waals surface area contributed by atoms with E-state index >= 15 is 0 Å². The first-order valence-corrected chi connectivity index (χ1v) is 6.66. The van der Waals surface area contributed by atoms with Crippen molar-refractivity contribution in [2.45, 2.75) is 39.7 Å². The van der Waals surface area contributed by atoms with Gasteiger partial charge in [-0.1, -0.05) is 20.8 Å². The minimum Gasteiger partial charge on any atom is -0.392 e. The van der Waals surface area contributed by atoms with Crippen LogP contribution in [0.1, 0.15) is 33.6 Å². The third-order valence-corrected chi connectivity index (χ3v) is 3.41. The molecule has 100 valence electrons. The van der Waals surface area contributed by atoms with Crippen molar-refractivity contribution in [1.29, 1.82) is 0 Å². The number of piperidine rings is 1. The van der Waals surface area contributed by atoms with Gasteiger partial charge in [-0.05, 0) is 31.2 Å². The van der Waals surface area contributed by atoms with Gasteiger partial charge in [-0.15, -0.1) is 0 Å². The van der Waals surface area contributed by atoms with Gasteiger partial charge >= 0.3 is 0 Å². The highest BCUT2D eigenvalue weighted by molar-refractivity contribution is 5.77. The molecule has 0 saturated carbocycles. The molecule has 4 heteroatoms. The van der Waals surface area contributed by atoms with Crippen LogP contribution >= 0.6 is 0 Å². The van der Waals surface area contributed by atoms with Gasteiger partial charge in [0.25, 0.3) is 0 Å². The maximum Gasteiger partial charge on any atom is 0.234 e. The van der Waals surface area contributed by atoms with Crippen molar-refractivity contribution in [3.8, 4) is 0 Å². The van der Waals surface area contributed by atoms with Crippen molar-refractivity contribution in [2.24, 2.45) is 11.8 Å². The molecular weight excluding hydrogens is 216 g/mol. The summed E-state index contributed by atoms with van der Waals surface area (Å²) in [7, 11) is 0. The van der Waals surface area contributed by atoms with Crippen molar-refractivity contribution in [3.63, 3.8) is 0 Å². The van der Waals surface area contributed by atoms with E-state index in [9.17, 15) is 9.90 Å². The standard InChI is InChI=1S/C13H26N2O2/c1-10(2)4-6-14-13(17)9-15-7-5-11(3)12(16)8-15/h10-12,16H,4-9H2,1-3H3,(H,14,17). The molecule has 17 heavy (non-hydrogen) atoms. The fourth-order valence-corrected chi connectivity index (χ4v) is 2.02. The highest BCUT2D eigenvalue weighted by atomic mass is 16.3. The lowest BCUT2D eigenvalue weighted by atomic mass is 9.96. The third kappa shape index (κ3) is 5.50. The summed E-state index contributed by atoms with van der Waals surface area (Å²) in [4.78, 5) is 13.7. The zero-order valence-electron chi connectivity index (χ0n) is 11.3. The zero-order chi connectivity index (χ0) is 12.8. The van der Waals surface area contributed by atoms with Gasteiger partial charge in [0.1, 0.15) is 0 Å². The van der Waals surface area contributed by atoms with E-state index in [0.717, 1.165) is 25.9 Å². The number of nitrogens with one attached hydrogen (secondary N) is 1. The molecule has 1 rings (SSSR count). The molecule has 2 N–H and O–H groups in total. The fourth-order valence-electron chi connectivity index (χ4n) is 2.02. The number of nitrogens with zero attached hydrogens (tertiary/aromatic N) is 1. The molecule has 0 radical (unpaired) electrons. The normalized spacial score (nSPS) is 26.2. The van der Waals surface area contributed by atoms with Crippen LogP contribution in [0.25, 0.3) is 0 Å². The minimum atomic E-state index is -0.285. The lowest BCUT2D eigenvalue weighted by Crippen LogP contribution is -2.47. The van der Waals surface area contributed by atoms with E-state index in [1.165, 1.54) is 0 Å². The largest absolute Gasteiger partial charge is 0.392 e. The van der Waals surface area contributed by atoms with Gasteiger partial charge in [-0.2, -0.15) is 0 Å². The Kier molecular flexibility index (Phi) is 5.92. The van der Waals surface area contributed by atoms with Crippen LogP contribution in [0.15, 0.2) is 0 Å². The van der Waals surface area contributed by atoms with Gasteiger partial charge in [0.05, 0.1) is 12.6 Å². The summed E-state index contributed by atoms with van der Waals surface area (Å²) in [5.41, 5.74) is 0. The zero-order valence-corrected chi connectivity index (χ0v) is 11.3. The Morgan fingerprint density at radius 1 is 1.53 bits per heavy atom. The second-order valence-corrected chi connectivity index (χ2v) is 5.60. The molecule has 1 heterocycles. The minimum absolute atomic E-state index is 0.0763. The monoisotopic (exact) mass is 242 g/mol. The summed E-state index contributed by atoms with van der Waals surface area (Å²) in [6, 6.07) is 0. The van der Waals surface area contributed by atoms with E-state index < -0.39 is 0 Å². The highest BCUT2D eigenvalue weighted by Crippen LogP contribution is 2.16. The van der Waals surface area contributed by atoms with E-state index in [2.05, 4.69) is 26.1 Å². The Morgan fingerprint density at radius 2 is 2.24 bits per heavy atom. The molecule has 2 atom stereocenters. The third-order valence-electron chi connectivity index (χ3n) is 3.41. The average Bonchev–Trinajstić information content (AvgIpc) is 2.23. The van der Waals surface area contributed by atoms with Gasteiger partial charge < -0.3 is 10.4 Å². The molecule has 0 aromatic heterocycles. The summed E-state index contributed by atoms with van der Waals surface area (Å²) in [5, 5.41) is 12.7. The van der Waals surface area contributed by atoms with Gasteiger partial charge in [0.15, 0.2) is 0 Å². The van der Waals surface area contributed by atoms with Crippen LogP contribution in [-0.4, -0.2) is 48.2 Å². The maximum absolute atomic E-state index is 11.6. The second-order valence-electron chi connectivity index (χ2n) is 5.60. The van der Waals surface area contributed by atoms with Crippen LogP contribution in [0.2, 0.25) is 0 Å². The van der Waals surface area contributed by atoms with Crippen LogP contribution < -0.4 is 5.32 Å². The Labute approximate surface area is 104 Å². The second kappa shape index (κ2) is 6.97. The molecule has 1 aliphatic rings. The molecule has 0 aliphatic carbocycles. The first kappa shape index (κ1) is 14.5. The van der Waals surface area contributed by atoms with Crippen LogP contribution in [-0.2, 0) is 4.79 Å². The molecule has 1 aliphatic heterocycles. The summed E-state index contributed by atoms with van der Waals surface area (Å²) < 4.78 is 0. The molecule has 0 spiro atoms. The van der Waals surface area contributed by atoms with E-state index in [0.29, 0.717) is 24.9 Å². The molecule has 0 aromatic carbocycles. The number of carbonyl (C=O) groups is 1. The number of likely N-dealkylation sites (tertiary alicyclic amines) is 1. The average molecular weight is 242 g/mol. The quantitative estimate of drug-likeness (QED) is 0.751. The summed E-state index contributed by atoms with van der Waals surface area (Å²) >= 11 is 0. The van der Waals surface area contributed by atoms with Crippen molar-refractivity contribution in [3.05, 3.63) is 0 Å². The SMILES string of the molecule is CC(C)CCNC(=O)CN1CCC(C)C(O)C1. The first-order chi connectivity index (χ1) is 7.99. The van der Waals surface area contributed by atoms with Crippen molar-refractivity contribution >= 4 is 5.91 Å². The molecule has 1 fully saturated rings. The molecular formula is C13H26N2O2. The van der Waals surface area contributed by atoms with Gasteiger partial charge in [0.2, 0.25) is 5.91 Å². The van der Waals surface area contributed by atoms with Crippen LogP contribution in [0.4, 0.5) is 0 Å². The van der Waals surface area contributed by atoms with Gasteiger partial charge in [0, 0.05) is 13.1 Å². The smallest absolute Gasteiger partial charge is 0.234 e. The Hall–Kier alpha value is -0.610. The number of aliphatic hydroxyl groups is 1. The Balaban J connectivity index is 2.18. The number of hydrogen-bond donors (Lipinski definition) is 2. The summed E-state index contributed by atoms with van der Waals surface area (Å²) in [6.07, 6.45) is 1.71. The van der Waals surface area contributed by atoms with E-state index in [4.69, 9.17) is 0 Å². The molecule has 0 aromatic rings. The summed E-state index contributed by atoms with van der Waals surface area (Å²) in [6.45, 7) is 9.06. The molecule has 1 amide bonds. The lowest BCUT2D eigenvalue weighted by molar-refractivity contribution is -0.123. The lowest BCUT2D eigenvalue weighted by Gasteiger charge is -2.33. The van der Waals surface area contributed by atoms with Crippen LogP contribution in [0.3, 0.4) is 0 Å². The van der Waals surface area contributed by atoms with Crippen molar-refractivity contribution in [2.75, 3.05) is 26.2 Å². The first-order valence-electron chi connectivity index (χ1n) is 6.66. The Bertz CT molecular complexity index is 244. The van der Waals surface area contributed by atoms with Gasteiger partial charge in [-0.25, -0.2) is 0 Å². The predicted molar refractivity (Wildman–Crippen MR) is 68.7 cm³/mol. The van der Waals surface area contributed by atoms with Gasteiger partial charge in [-0.3, -0.25) is 9.69 Å². The van der Waals surface area contributed by atoms with E-state index in [1.807, 2.05) is 4.90 Å². The predicted octanol–water partition coefficient (Wildman–Crippen LogP) is 0.851. The maximum atomic E-state index is 11.6. The summed E-state index contributed by atoms with van der Waals surface area (Å²) in [5.74, 6) is 1.05. The fraction of sp³-hybridized carbons (Fsp3) is 0.923. The van der Waals surface area contributed by atoms with Crippen molar-refractivity contribution in [1.82, 2.24) is 10.2 Å². The van der Waals surface area contributed by atoms with E-state index in [1.54, 1.807) is 0 Å². The molecule has 0 bridgehead atoms. The number of β-amino-alcohol motifs (C(OH)–C–C–N with tert-alkyl or cyclic N) is 1. The van der Waals surface area contributed by atoms with Crippen LogP contribution in [0.5, 0.6) is 0 Å². The van der Waals surface area contributed by atoms with Crippen LogP contribution in [0, 0.1) is 11.8 Å². The highest BCUT2D eigenvalue weighted by Gasteiger charge is 2.25. The molecule has 4 nitrogen and oxygen atoms in total.